The zero-order valence-electron chi connectivity index (χ0n) is 9.83. The SMILES string of the molecule is O=S(=O)(Cc1ccc(Cl)c(Cl)c1)NC1CCCC1. The first kappa shape index (κ1) is 14.1. The van der Waals surface area contributed by atoms with Crippen molar-refractivity contribution < 1.29 is 8.42 Å². The Morgan fingerprint density at radius 2 is 1.83 bits per heavy atom. The third-order valence-corrected chi connectivity index (χ3v) is 5.19. The van der Waals surface area contributed by atoms with E-state index in [0.717, 1.165) is 25.7 Å². The minimum Gasteiger partial charge on any atom is -0.212 e. The van der Waals surface area contributed by atoms with Crippen LogP contribution in [-0.2, 0) is 15.8 Å². The summed E-state index contributed by atoms with van der Waals surface area (Å²) in [5, 5.41) is 0.812. The quantitative estimate of drug-likeness (QED) is 0.927. The van der Waals surface area contributed by atoms with Gasteiger partial charge in [0, 0.05) is 6.04 Å². The summed E-state index contributed by atoms with van der Waals surface area (Å²) in [5.74, 6) is -0.0552. The van der Waals surface area contributed by atoms with Crippen molar-refractivity contribution in [3.05, 3.63) is 33.8 Å². The smallest absolute Gasteiger partial charge is 0.212 e. The lowest BCUT2D eigenvalue weighted by atomic mass is 10.2. The van der Waals surface area contributed by atoms with E-state index in [4.69, 9.17) is 23.2 Å². The summed E-state index contributed by atoms with van der Waals surface area (Å²) in [6.07, 6.45) is 4.06. The van der Waals surface area contributed by atoms with E-state index >= 15 is 0 Å². The molecule has 1 aliphatic carbocycles. The predicted octanol–water partition coefficient (Wildman–Crippen LogP) is 3.36. The summed E-state index contributed by atoms with van der Waals surface area (Å²) in [6.45, 7) is 0. The van der Waals surface area contributed by atoms with Gasteiger partial charge < -0.3 is 0 Å². The highest BCUT2D eigenvalue weighted by atomic mass is 35.5. The monoisotopic (exact) mass is 307 g/mol. The number of hydrogen-bond donors (Lipinski definition) is 1. The Morgan fingerprint density at radius 1 is 1.17 bits per heavy atom. The third kappa shape index (κ3) is 3.85. The topological polar surface area (TPSA) is 46.2 Å². The second kappa shape index (κ2) is 5.78. The summed E-state index contributed by atoms with van der Waals surface area (Å²) in [6, 6.07) is 4.99. The lowest BCUT2D eigenvalue weighted by Crippen LogP contribution is -2.33. The van der Waals surface area contributed by atoms with Gasteiger partial charge >= 0.3 is 0 Å². The highest BCUT2D eigenvalue weighted by molar-refractivity contribution is 7.88. The molecule has 1 N–H and O–H groups in total. The molecular weight excluding hydrogens is 293 g/mol. The zero-order valence-corrected chi connectivity index (χ0v) is 12.2. The van der Waals surface area contributed by atoms with Crippen molar-refractivity contribution in [2.24, 2.45) is 0 Å². The molecule has 0 saturated heterocycles. The van der Waals surface area contributed by atoms with Gasteiger partial charge in [-0.2, -0.15) is 0 Å². The molecule has 6 heteroatoms. The lowest BCUT2D eigenvalue weighted by molar-refractivity contribution is 0.551. The van der Waals surface area contributed by atoms with Gasteiger partial charge in [0.25, 0.3) is 0 Å². The molecule has 3 nitrogen and oxygen atoms in total. The van der Waals surface area contributed by atoms with Crippen LogP contribution in [0.5, 0.6) is 0 Å². The number of rotatable bonds is 4. The minimum absolute atomic E-state index is 0.0552. The standard InChI is InChI=1S/C12H15Cl2NO2S/c13-11-6-5-9(7-12(11)14)8-18(16,17)15-10-3-1-2-4-10/h5-7,10,15H,1-4,8H2. The summed E-state index contributed by atoms with van der Waals surface area (Å²) >= 11 is 11.7. The molecule has 1 aliphatic rings. The van der Waals surface area contributed by atoms with Crippen molar-refractivity contribution in [2.45, 2.75) is 37.5 Å². The van der Waals surface area contributed by atoms with Gasteiger partial charge in [0.15, 0.2) is 0 Å². The van der Waals surface area contributed by atoms with Crippen LogP contribution in [0.25, 0.3) is 0 Å². The van der Waals surface area contributed by atoms with Crippen LogP contribution in [0, 0.1) is 0 Å². The highest BCUT2D eigenvalue weighted by Crippen LogP contribution is 2.24. The second-order valence-electron chi connectivity index (χ2n) is 4.61. The molecule has 0 radical (unpaired) electrons. The van der Waals surface area contributed by atoms with E-state index in [0.29, 0.717) is 15.6 Å². The van der Waals surface area contributed by atoms with Crippen LogP contribution in [0.3, 0.4) is 0 Å². The van der Waals surface area contributed by atoms with Gasteiger partial charge in [-0.15, -0.1) is 0 Å². The Bertz CT molecular complexity index is 525. The van der Waals surface area contributed by atoms with Crippen LogP contribution in [0.4, 0.5) is 0 Å². The average molecular weight is 308 g/mol. The van der Waals surface area contributed by atoms with Gasteiger partial charge in [0.2, 0.25) is 10.0 Å². The van der Waals surface area contributed by atoms with Crippen LogP contribution in [-0.4, -0.2) is 14.5 Å². The van der Waals surface area contributed by atoms with Crippen LogP contribution in [0.2, 0.25) is 10.0 Å². The van der Waals surface area contributed by atoms with Crippen molar-refractivity contribution in [3.63, 3.8) is 0 Å². The summed E-state index contributed by atoms with van der Waals surface area (Å²) in [4.78, 5) is 0. The first-order valence-electron chi connectivity index (χ1n) is 5.90. The Hall–Kier alpha value is -0.290. The molecule has 0 atom stereocenters. The van der Waals surface area contributed by atoms with E-state index < -0.39 is 10.0 Å². The number of sulfonamides is 1. The Kier molecular flexibility index (Phi) is 4.54. The van der Waals surface area contributed by atoms with E-state index in [-0.39, 0.29) is 11.8 Å². The molecule has 1 saturated carbocycles. The Balaban J connectivity index is 2.04. The van der Waals surface area contributed by atoms with Gasteiger partial charge in [-0.1, -0.05) is 42.1 Å². The largest absolute Gasteiger partial charge is 0.216 e. The lowest BCUT2D eigenvalue weighted by Gasteiger charge is -2.12. The number of benzene rings is 1. The molecule has 0 aliphatic heterocycles. The minimum atomic E-state index is -3.30. The first-order chi connectivity index (χ1) is 8.46. The van der Waals surface area contributed by atoms with Crippen molar-refractivity contribution in [2.75, 3.05) is 0 Å². The normalized spacial score (nSPS) is 17.2. The fraction of sp³-hybridized carbons (Fsp3) is 0.500. The van der Waals surface area contributed by atoms with E-state index in [9.17, 15) is 8.42 Å². The first-order valence-corrected chi connectivity index (χ1v) is 8.31. The molecule has 1 aromatic rings. The Morgan fingerprint density at radius 3 is 2.44 bits per heavy atom. The van der Waals surface area contributed by atoms with Crippen molar-refractivity contribution in [1.29, 1.82) is 0 Å². The fourth-order valence-corrected chi connectivity index (χ4v) is 3.95. The van der Waals surface area contributed by atoms with Crippen LogP contribution >= 0.6 is 23.2 Å². The average Bonchev–Trinajstić information content (AvgIpc) is 2.75. The maximum absolute atomic E-state index is 12.0. The van der Waals surface area contributed by atoms with Crippen LogP contribution in [0.15, 0.2) is 18.2 Å². The van der Waals surface area contributed by atoms with Gasteiger partial charge in [-0.25, -0.2) is 13.1 Å². The molecule has 1 fully saturated rings. The number of nitrogens with one attached hydrogen (secondary N) is 1. The molecule has 100 valence electrons. The molecule has 0 bridgehead atoms. The predicted molar refractivity (Wildman–Crippen MR) is 74.5 cm³/mol. The molecule has 0 unspecified atom stereocenters. The molecule has 2 rings (SSSR count). The highest BCUT2D eigenvalue weighted by Gasteiger charge is 2.21. The van der Waals surface area contributed by atoms with Gasteiger partial charge in [0.1, 0.15) is 0 Å². The van der Waals surface area contributed by atoms with Crippen molar-refractivity contribution in [1.82, 2.24) is 4.72 Å². The van der Waals surface area contributed by atoms with Crippen LogP contribution < -0.4 is 4.72 Å². The Labute approximate surface area is 118 Å². The van der Waals surface area contributed by atoms with Gasteiger partial charge in [-0.3, -0.25) is 0 Å². The second-order valence-corrected chi connectivity index (χ2v) is 7.18. The summed E-state index contributed by atoms with van der Waals surface area (Å²) in [5.41, 5.74) is 0.648. The molecule has 1 aromatic carbocycles. The summed E-state index contributed by atoms with van der Waals surface area (Å²) < 4.78 is 26.7. The van der Waals surface area contributed by atoms with Crippen molar-refractivity contribution >= 4 is 33.2 Å². The maximum atomic E-state index is 12.0. The molecule has 0 amide bonds. The summed E-state index contributed by atoms with van der Waals surface area (Å²) in [7, 11) is -3.30. The molecular formula is C12H15Cl2NO2S. The van der Waals surface area contributed by atoms with E-state index in [1.807, 2.05) is 0 Å². The molecule has 0 spiro atoms. The maximum Gasteiger partial charge on any atom is 0.216 e. The molecule has 18 heavy (non-hydrogen) atoms. The zero-order chi connectivity index (χ0) is 13.2. The van der Waals surface area contributed by atoms with Crippen molar-refractivity contribution in [3.8, 4) is 0 Å². The third-order valence-electron chi connectivity index (χ3n) is 3.04. The number of halogens is 2. The number of hydrogen-bond acceptors (Lipinski definition) is 2. The fourth-order valence-electron chi connectivity index (χ4n) is 2.19. The van der Waals surface area contributed by atoms with Gasteiger partial charge in [-0.05, 0) is 30.5 Å². The van der Waals surface area contributed by atoms with Gasteiger partial charge in [0.05, 0.1) is 15.8 Å². The molecule has 0 heterocycles. The molecule has 0 aromatic heterocycles. The van der Waals surface area contributed by atoms with E-state index in [1.165, 1.54) is 0 Å². The van der Waals surface area contributed by atoms with E-state index in [1.54, 1.807) is 18.2 Å². The van der Waals surface area contributed by atoms with E-state index in [2.05, 4.69) is 4.72 Å². The van der Waals surface area contributed by atoms with Crippen LogP contribution in [0.1, 0.15) is 31.2 Å².